The van der Waals surface area contributed by atoms with Crippen LogP contribution in [0.5, 0.6) is 0 Å². The number of fused-ring (bicyclic) bond motifs is 1. The quantitative estimate of drug-likeness (QED) is 0.210. The third-order valence-corrected chi connectivity index (χ3v) is 6.44. The van der Waals surface area contributed by atoms with Gasteiger partial charge in [-0.15, -0.1) is 0 Å². The van der Waals surface area contributed by atoms with E-state index >= 15 is 0 Å². The van der Waals surface area contributed by atoms with Crippen LogP contribution in [0.4, 0.5) is 0 Å². The number of methoxy groups -OCH3 is 1. The van der Waals surface area contributed by atoms with Gasteiger partial charge in [-0.3, -0.25) is 14.2 Å². The molecule has 0 saturated carbocycles. The minimum absolute atomic E-state index is 0.101. The van der Waals surface area contributed by atoms with Gasteiger partial charge in [-0.2, -0.15) is 0 Å². The number of thioether (sulfide) groups is 1. The van der Waals surface area contributed by atoms with Crippen molar-refractivity contribution in [2.45, 2.75) is 24.2 Å². The molecule has 0 saturated heterocycles. The molecule has 0 aliphatic rings. The lowest BCUT2D eigenvalue weighted by atomic mass is 9.99. The lowest BCUT2D eigenvalue weighted by Gasteiger charge is -2.20. The zero-order valence-electron chi connectivity index (χ0n) is 19.0. The Labute approximate surface area is 203 Å². The number of aromatic nitrogens is 2. The van der Waals surface area contributed by atoms with Crippen LogP contribution in [0.3, 0.4) is 0 Å². The number of hydrogen-bond donors (Lipinski definition) is 1. The molecule has 4 rings (SSSR count). The lowest BCUT2D eigenvalue weighted by molar-refractivity contribution is -0.119. The Morgan fingerprint density at radius 3 is 2.24 bits per heavy atom. The fraction of sp³-hybridized carbons (Fsp3) is 0.222. The van der Waals surface area contributed by atoms with Crippen molar-refractivity contribution < 1.29 is 9.53 Å². The van der Waals surface area contributed by atoms with E-state index in [0.29, 0.717) is 35.6 Å². The minimum atomic E-state index is -0.260. The van der Waals surface area contributed by atoms with E-state index in [1.807, 2.05) is 78.9 Å². The highest BCUT2D eigenvalue weighted by Crippen LogP contribution is 2.23. The van der Waals surface area contributed by atoms with Crippen LogP contribution >= 0.6 is 11.8 Å². The monoisotopic (exact) mass is 473 g/mol. The molecule has 0 unspecified atom stereocenters. The summed E-state index contributed by atoms with van der Waals surface area (Å²) < 4.78 is 6.79. The maximum atomic E-state index is 13.1. The molecule has 1 N–H and O–H groups in total. The molecule has 3 aromatic carbocycles. The number of carbonyl (C=O) groups excluding carboxylic acids is 1. The molecule has 1 amide bonds. The Kier molecular flexibility index (Phi) is 8.12. The zero-order chi connectivity index (χ0) is 23.8. The third kappa shape index (κ3) is 5.73. The van der Waals surface area contributed by atoms with Crippen molar-refractivity contribution in [3.63, 3.8) is 0 Å². The van der Waals surface area contributed by atoms with Crippen LogP contribution in [0, 0.1) is 0 Å². The molecule has 0 spiro atoms. The largest absolute Gasteiger partial charge is 0.385 e. The SMILES string of the molecule is COCCCn1c(SCC(=O)NC(c2ccccc2)c2ccccc2)nc2ccccc2c1=O. The summed E-state index contributed by atoms with van der Waals surface area (Å²) in [7, 11) is 1.64. The van der Waals surface area contributed by atoms with Crippen LogP contribution in [-0.2, 0) is 16.1 Å². The Morgan fingerprint density at radius 2 is 1.59 bits per heavy atom. The predicted octanol–water partition coefficient (Wildman–Crippen LogP) is 4.43. The van der Waals surface area contributed by atoms with E-state index in [0.717, 1.165) is 11.1 Å². The maximum absolute atomic E-state index is 13.1. The molecule has 174 valence electrons. The molecule has 0 bridgehead atoms. The highest BCUT2D eigenvalue weighted by Gasteiger charge is 2.18. The van der Waals surface area contributed by atoms with E-state index in [4.69, 9.17) is 4.74 Å². The number of hydrogen-bond acceptors (Lipinski definition) is 5. The summed E-state index contributed by atoms with van der Waals surface area (Å²) in [5, 5.41) is 4.25. The summed E-state index contributed by atoms with van der Waals surface area (Å²) >= 11 is 1.27. The summed E-state index contributed by atoms with van der Waals surface area (Å²) in [6, 6.07) is 26.8. The number of rotatable bonds is 10. The van der Waals surface area contributed by atoms with Crippen molar-refractivity contribution in [3.8, 4) is 0 Å². The molecular formula is C27H27N3O3S. The summed E-state index contributed by atoms with van der Waals surface area (Å²) in [6.45, 7) is 1.02. The molecule has 0 aliphatic carbocycles. The van der Waals surface area contributed by atoms with Crippen molar-refractivity contribution in [1.82, 2.24) is 14.9 Å². The average molecular weight is 474 g/mol. The van der Waals surface area contributed by atoms with Crippen molar-refractivity contribution in [2.24, 2.45) is 0 Å². The number of amides is 1. The average Bonchev–Trinajstić information content (AvgIpc) is 2.88. The fourth-order valence-corrected chi connectivity index (χ4v) is 4.64. The van der Waals surface area contributed by atoms with E-state index in [1.54, 1.807) is 17.7 Å². The van der Waals surface area contributed by atoms with E-state index in [2.05, 4.69) is 10.3 Å². The van der Waals surface area contributed by atoms with Crippen LogP contribution < -0.4 is 10.9 Å². The smallest absolute Gasteiger partial charge is 0.262 e. The molecule has 0 fully saturated rings. The van der Waals surface area contributed by atoms with Crippen LogP contribution in [0.15, 0.2) is 94.9 Å². The van der Waals surface area contributed by atoms with Crippen molar-refractivity contribution >= 4 is 28.6 Å². The van der Waals surface area contributed by atoms with Gasteiger partial charge in [0.1, 0.15) is 0 Å². The lowest BCUT2D eigenvalue weighted by Crippen LogP contribution is -2.31. The molecule has 6 nitrogen and oxygen atoms in total. The Balaban J connectivity index is 1.55. The van der Waals surface area contributed by atoms with Crippen molar-refractivity contribution in [2.75, 3.05) is 19.5 Å². The van der Waals surface area contributed by atoms with Crippen molar-refractivity contribution in [1.29, 1.82) is 0 Å². The second kappa shape index (κ2) is 11.6. The zero-order valence-corrected chi connectivity index (χ0v) is 19.8. The van der Waals surface area contributed by atoms with Crippen LogP contribution in [-0.4, -0.2) is 34.9 Å². The van der Waals surface area contributed by atoms with E-state index in [9.17, 15) is 9.59 Å². The first kappa shape index (κ1) is 23.7. The molecule has 0 aliphatic heterocycles. The van der Waals surface area contributed by atoms with E-state index in [-0.39, 0.29) is 23.3 Å². The standard InChI is InChI=1S/C27H27N3O3S/c1-33-18-10-17-30-26(32)22-15-8-9-16-23(22)28-27(30)34-19-24(31)29-25(20-11-4-2-5-12-20)21-13-6-3-7-14-21/h2-9,11-16,25H,10,17-19H2,1H3,(H,29,31). The maximum Gasteiger partial charge on any atom is 0.262 e. The summed E-state index contributed by atoms with van der Waals surface area (Å²) in [6.07, 6.45) is 0.681. The van der Waals surface area contributed by atoms with Gasteiger partial charge in [0, 0.05) is 20.3 Å². The van der Waals surface area contributed by atoms with Gasteiger partial charge in [0.05, 0.1) is 22.7 Å². The Hall–Kier alpha value is -3.42. The third-order valence-electron chi connectivity index (χ3n) is 5.46. The highest BCUT2D eigenvalue weighted by molar-refractivity contribution is 7.99. The second-order valence-electron chi connectivity index (χ2n) is 7.83. The number of nitrogens with zero attached hydrogens (tertiary/aromatic N) is 2. The highest BCUT2D eigenvalue weighted by atomic mass is 32.2. The van der Waals surface area contributed by atoms with Gasteiger partial charge in [0.25, 0.3) is 5.56 Å². The summed E-state index contributed by atoms with van der Waals surface area (Å²) in [4.78, 5) is 30.8. The summed E-state index contributed by atoms with van der Waals surface area (Å²) in [5.41, 5.74) is 2.54. The number of para-hydroxylation sites is 1. The van der Waals surface area contributed by atoms with Crippen LogP contribution in [0.1, 0.15) is 23.6 Å². The van der Waals surface area contributed by atoms with Gasteiger partial charge >= 0.3 is 0 Å². The molecular weight excluding hydrogens is 446 g/mol. The second-order valence-corrected chi connectivity index (χ2v) is 8.77. The Morgan fingerprint density at radius 1 is 0.971 bits per heavy atom. The topological polar surface area (TPSA) is 73.2 Å². The first-order valence-electron chi connectivity index (χ1n) is 11.2. The fourth-order valence-electron chi connectivity index (χ4n) is 3.80. The van der Waals surface area contributed by atoms with Gasteiger partial charge in [0.2, 0.25) is 5.91 Å². The van der Waals surface area contributed by atoms with Crippen LogP contribution in [0.25, 0.3) is 10.9 Å². The van der Waals surface area contributed by atoms with Gasteiger partial charge in [-0.25, -0.2) is 4.98 Å². The number of carbonyl (C=O) groups is 1. The molecule has 4 aromatic rings. The van der Waals surface area contributed by atoms with E-state index in [1.165, 1.54) is 11.8 Å². The number of ether oxygens (including phenoxy) is 1. The normalized spacial score (nSPS) is 11.1. The minimum Gasteiger partial charge on any atom is -0.385 e. The van der Waals surface area contributed by atoms with Gasteiger partial charge < -0.3 is 10.1 Å². The Bertz CT molecular complexity index is 1250. The van der Waals surface area contributed by atoms with Crippen molar-refractivity contribution in [3.05, 3.63) is 106 Å². The van der Waals surface area contributed by atoms with Crippen LogP contribution in [0.2, 0.25) is 0 Å². The first-order chi connectivity index (χ1) is 16.7. The first-order valence-corrected chi connectivity index (χ1v) is 12.2. The number of nitrogens with one attached hydrogen (secondary N) is 1. The van der Waals surface area contributed by atoms with Gasteiger partial charge in [0.15, 0.2) is 5.16 Å². The molecule has 1 heterocycles. The van der Waals surface area contributed by atoms with Gasteiger partial charge in [-0.1, -0.05) is 84.6 Å². The molecule has 0 radical (unpaired) electrons. The molecule has 34 heavy (non-hydrogen) atoms. The van der Waals surface area contributed by atoms with E-state index < -0.39 is 0 Å². The summed E-state index contributed by atoms with van der Waals surface area (Å²) in [5.74, 6) is 0.0131. The molecule has 0 atom stereocenters. The van der Waals surface area contributed by atoms with Gasteiger partial charge in [-0.05, 0) is 29.7 Å². The molecule has 7 heteroatoms. The number of benzene rings is 3. The predicted molar refractivity (Wildman–Crippen MR) is 136 cm³/mol. The molecule has 1 aromatic heterocycles.